The van der Waals surface area contributed by atoms with Gasteiger partial charge in [0.05, 0.1) is 5.02 Å². The van der Waals surface area contributed by atoms with E-state index in [1.165, 1.54) is 0 Å². The summed E-state index contributed by atoms with van der Waals surface area (Å²) in [4.78, 5) is 11.6. The van der Waals surface area contributed by atoms with Crippen molar-refractivity contribution < 1.29 is 17.6 Å². The molecular formula is C12H15ClFNO3S. The number of sulfonamides is 1. The van der Waals surface area contributed by atoms with Gasteiger partial charge < -0.3 is 0 Å². The maximum atomic E-state index is 13.7. The number of Topliss-reactive ketones (excluding diaryl/α,β-unsaturated/α-hetero) is 1. The zero-order valence-corrected chi connectivity index (χ0v) is 12.6. The van der Waals surface area contributed by atoms with E-state index in [0.717, 1.165) is 19.2 Å². The Kier molecular flexibility index (Phi) is 4.39. The monoisotopic (exact) mass is 307 g/mol. The molecule has 106 valence electrons. The molecule has 0 aliphatic heterocycles. The van der Waals surface area contributed by atoms with Crippen LogP contribution in [0.4, 0.5) is 4.39 Å². The lowest BCUT2D eigenvalue weighted by atomic mass is 9.86. The maximum absolute atomic E-state index is 13.7. The molecule has 0 saturated carbocycles. The van der Waals surface area contributed by atoms with Crippen molar-refractivity contribution in [3.8, 4) is 0 Å². The molecule has 0 spiro atoms. The molecule has 1 aromatic rings. The fourth-order valence-corrected chi connectivity index (χ4v) is 2.47. The molecule has 1 N–H and O–H groups in total. The summed E-state index contributed by atoms with van der Waals surface area (Å²) in [5.41, 5.74) is -0.758. The molecule has 0 amide bonds. The van der Waals surface area contributed by atoms with E-state index in [2.05, 4.69) is 0 Å². The van der Waals surface area contributed by atoms with E-state index in [0.29, 0.717) is 0 Å². The highest BCUT2D eigenvalue weighted by Gasteiger charge is 2.28. The number of nitrogens with one attached hydrogen (secondary N) is 1. The second-order valence-electron chi connectivity index (χ2n) is 5.05. The molecule has 0 bridgehead atoms. The average molecular weight is 308 g/mol. The van der Waals surface area contributed by atoms with Crippen molar-refractivity contribution in [2.45, 2.75) is 25.7 Å². The molecule has 0 saturated heterocycles. The highest BCUT2D eigenvalue weighted by molar-refractivity contribution is 7.89. The van der Waals surface area contributed by atoms with Gasteiger partial charge in [0.25, 0.3) is 0 Å². The number of rotatable bonds is 3. The Hall–Kier alpha value is -0.980. The number of hydrogen-bond acceptors (Lipinski definition) is 3. The zero-order valence-electron chi connectivity index (χ0n) is 11.0. The van der Waals surface area contributed by atoms with Gasteiger partial charge in [-0.25, -0.2) is 17.5 Å². The van der Waals surface area contributed by atoms with E-state index < -0.39 is 26.2 Å². The van der Waals surface area contributed by atoms with Crippen LogP contribution in [0.1, 0.15) is 31.1 Å². The molecule has 0 aliphatic rings. The van der Waals surface area contributed by atoms with Crippen LogP contribution < -0.4 is 4.72 Å². The Balaban J connectivity index is 3.54. The molecule has 0 radical (unpaired) electrons. The van der Waals surface area contributed by atoms with Crippen molar-refractivity contribution in [1.82, 2.24) is 4.72 Å². The topological polar surface area (TPSA) is 63.2 Å². The van der Waals surface area contributed by atoms with Gasteiger partial charge in [-0.2, -0.15) is 0 Å². The number of carbonyl (C=O) groups is 1. The van der Waals surface area contributed by atoms with Crippen LogP contribution in [0.2, 0.25) is 5.02 Å². The highest BCUT2D eigenvalue weighted by atomic mass is 35.5. The van der Waals surface area contributed by atoms with Gasteiger partial charge in [-0.05, 0) is 19.2 Å². The Labute approximate surface area is 117 Å². The van der Waals surface area contributed by atoms with Crippen molar-refractivity contribution in [3.63, 3.8) is 0 Å². The van der Waals surface area contributed by atoms with Gasteiger partial charge in [0, 0.05) is 11.0 Å². The third kappa shape index (κ3) is 3.32. The third-order valence-corrected chi connectivity index (χ3v) is 4.25. The first-order chi connectivity index (χ1) is 8.50. The SMILES string of the molecule is CNS(=O)(=O)c1cc(C(=O)C(C)(C)C)c(Cl)cc1F. The fourth-order valence-electron chi connectivity index (χ4n) is 1.42. The summed E-state index contributed by atoms with van der Waals surface area (Å²) >= 11 is 5.82. The number of halogens is 2. The van der Waals surface area contributed by atoms with Crippen LogP contribution in [-0.4, -0.2) is 21.2 Å². The summed E-state index contributed by atoms with van der Waals surface area (Å²) in [6.07, 6.45) is 0. The first-order valence-corrected chi connectivity index (χ1v) is 7.34. The fraction of sp³-hybridized carbons (Fsp3) is 0.417. The summed E-state index contributed by atoms with van der Waals surface area (Å²) in [5, 5.41) is -0.104. The lowest BCUT2D eigenvalue weighted by Crippen LogP contribution is -2.23. The van der Waals surface area contributed by atoms with E-state index in [4.69, 9.17) is 11.6 Å². The molecule has 19 heavy (non-hydrogen) atoms. The Morgan fingerprint density at radius 2 is 1.84 bits per heavy atom. The van der Waals surface area contributed by atoms with E-state index in [1.807, 2.05) is 4.72 Å². The standard InChI is InChI=1S/C12H15ClFNO3S/c1-12(2,3)11(16)7-5-10(19(17,18)15-4)9(14)6-8(7)13/h5-6,15H,1-4H3. The van der Waals surface area contributed by atoms with E-state index in [-0.39, 0.29) is 16.4 Å². The molecule has 0 aliphatic carbocycles. The van der Waals surface area contributed by atoms with Gasteiger partial charge in [-0.15, -0.1) is 0 Å². The van der Waals surface area contributed by atoms with Crippen LogP contribution in [0, 0.1) is 11.2 Å². The van der Waals surface area contributed by atoms with Crippen LogP contribution in [0.25, 0.3) is 0 Å². The third-order valence-electron chi connectivity index (χ3n) is 2.51. The van der Waals surface area contributed by atoms with Crippen LogP contribution >= 0.6 is 11.6 Å². The van der Waals surface area contributed by atoms with Gasteiger partial charge in [0.2, 0.25) is 10.0 Å². The summed E-state index contributed by atoms with van der Waals surface area (Å²) < 4.78 is 39.0. The Bertz CT molecular complexity index is 621. The Morgan fingerprint density at radius 3 is 2.26 bits per heavy atom. The van der Waals surface area contributed by atoms with E-state index in [9.17, 15) is 17.6 Å². The molecule has 7 heteroatoms. The number of ketones is 1. The van der Waals surface area contributed by atoms with Crippen molar-refractivity contribution in [1.29, 1.82) is 0 Å². The summed E-state index contributed by atoms with van der Waals surface area (Å²) in [6.45, 7) is 5.00. The molecule has 0 heterocycles. The number of carbonyl (C=O) groups excluding carboxylic acids is 1. The highest BCUT2D eigenvalue weighted by Crippen LogP contribution is 2.29. The predicted octanol–water partition coefficient (Wildman–Crippen LogP) is 2.62. The first kappa shape index (κ1) is 16.1. The summed E-state index contributed by atoms with van der Waals surface area (Å²) in [6, 6.07) is 1.81. The second-order valence-corrected chi connectivity index (χ2v) is 7.31. The summed E-state index contributed by atoms with van der Waals surface area (Å²) in [7, 11) is -2.82. The van der Waals surface area contributed by atoms with E-state index in [1.54, 1.807) is 20.8 Å². The van der Waals surface area contributed by atoms with Crippen molar-refractivity contribution >= 4 is 27.4 Å². The average Bonchev–Trinajstić information content (AvgIpc) is 2.26. The minimum absolute atomic E-state index is 0.00982. The van der Waals surface area contributed by atoms with Gasteiger partial charge in [0.15, 0.2) is 5.78 Å². The number of benzene rings is 1. The first-order valence-electron chi connectivity index (χ1n) is 5.48. The molecule has 0 atom stereocenters. The smallest absolute Gasteiger partial charge is 0.243 e. The maximum Gasteiger partial charge on any atom is 0.243 e. The molecule has 1 aromatic carbocycles. The van der Waals surface area contributed by atoms with Crippen molar-refractivity contribution in [2.24, 2.45) is 5.41 Å². The van der Waals surface area contributed by atoms with Gasteiger partial charge in [-0.3, -0.25) is 4.79 Å². The quantitative estimate of drug-likeness (QED) is 0.873. The number of hydrogen-bond donors (Lipinski definition) is 1. The van der Waals surface area contributed by atoms with Gasteiger partial charge in [-0.1, -0.05) is 32.4 Å². The Morgan fingerprint density at radius 1 is 1.32 bits per heavy atom. The van der Waals surface area contributed by atoms with Crippen LogP contribution in [0.3, 0.4) is 0 Å². The molecule has 0 unspecified atom stereocenters. The molecule has 0 fully saturated rings. The van der Waals surface area contributed by atoms with Gasteiger partial charge in [0.1, 0.15) is 10.7 Å². The minimum Gasteiger partial charge on any atom is -0.294 e. The largest absolute Gasteiger partial charge is 0.294 e. The van der Waals surface area contributed by atoms with Crippen molar-refractivity contribution in [2.75, 3.05) is 7.05 Å². The van der Waals surface area contributed by atoms with Crippen LogP contribution in [-0.2, 0) is 10.0 Å². The minimum atomic E-state index is -3.98. The summed E-state index contributed by atoms with van der Waals surface area (Å²) in [5.74, 6) is -1.35. The molecule has 0 aromatic heterocycles. The normalized spacial score (nSPS) is 12.5. The zero-order chi connectivity index (χ0) is 15.0. The van der Waals surface area contributed by atoms with Crippen LogP contribution in [0.15, 0.2) is 17.0 Å². The molecular weight excluding hydrogens is 293 g/mol. The van der Waals surface area contributed by atoms with Crippen molar-refractivity contribution in [3.05, 3.63) is 28.5 Å². The second kappa shape index (κ2) is 5.19. The van der Waals surface area contributed by atoms with Crippen LogP contribution in [0.5, 0.6) is 0 Å². The van der Waals surface area contributed by atoms with E-state index >= 15 is 0 Å². The molecule has 1 rings (SSSR count). The molecule has 4 nitrogen and oxygen atoms in total. The van der Waals surface area contributed by atoms with Gasteiger partial charge >= 0.3 is 0 Å². The lowest BCUT2D eigenvalue weighted by Gasteiger charge is -2.18. The predicted molar refractivity (Wildman–Crippen MR) is 71.4 cm³/mol. The lowest BCUT2D eigenvalue weighted by molar-refractivity contribution is 0.0858.